The summed E-state index contributed by atoms with van der Waals surface area (Å²) in [4.78, 5) is 11.3. The van der Waals surface area contributed by atoms with Crippen LogP contribution in [0.15, 0.2) is 17.5 Å². The molecule has 2 rings (SSSR count). The Labute approximate surface area is 127 Å². The van der Waals surface area contributed by atoms with Crippen molar-refractivity contribution in [3.05, 3.63) is 28.0 Å². The van der Waals surface area contributed by atoms with Crippen LogP contribution in [0.3, 0.4) is 0 Å². The van der Waals surface area contributed by atoms with Gasteiger partial charge in [-0.15, -0.1) is 11.3 Å². The average Bonchev–Trinajstić information content (AvgIpc) is 2.91. The molecule has 0 atom stereocenters. The van der Waals surface area contributed by atoms with E-state index in [1.807, 2.05) is 0 Å². The molecule has 1 aliphatic rings. The van der Waals surface area contributed by atoms with Gasteiger partial charge in [-0.3, -0.25) is 0 Å². The van der Waals surface area contributed by atoms with E-state index in [2.05, 4.69) is 4.72 Å². The van der Waals surface area contributed by atoms with Gasteiger partial charge in [0, 0.05) is 30.6 Å². The first-order valence-corrected chi connectivity index (χ1v) is 8.61. The highest BCUT2D eigenvalue weighted by atomic mass is 32.2. The zero-order valence-corrected chi connectivity index (χ0v) is 12.8. The fourth-order valence-corrected chi connectivity index (χ4v) is 3.88. The summed E-state index contributed by atoms with van der Waals surface area (Å²) in [6, 6.07) is 1.75. The first-order valence-electron chi connectivity index (χ1n) is 6.29. The minimum absolute atomic E-state index is 0.136. The lowest BCUT2D eigenvalue weighted by atomic mass is 10.2. The number of morpholine rings is 1. The summed E-state index contributed by atoms with van der Waals surface area (Å²) in [6.07, 6.45) is 2.49. The van der Waals surface area contributed by atoms with Crippen LogP contribution in [-0.2, 0) is 26.3 Å². The third kappa shape index (κ3) is 4.61. The van der Waals surface area contributed by atoms with E-state index in [1.165, 1.54) is 21.7 Å². The Morgan fingerprint density at radius 2 is 2.19 bits per heavy atom. The lowest BCUT2D eigenvalue weighted by molar-refractivity contribution is -0.131. The largest absolute Gasteiger partial charge is 0.478 e. The molecule has 0 saturated carbocycles. The van der Waals surface area contributed by atoms with E-state index in [-0.39, 0.29) is 6.54 Å². The fraction of sp³-hybridized carbons (Fsp3) is 0.417. The van der Waals surface area contributed by atoms with Crippen molar-refractivity contribution in [1.82, 2.24) is 9.03 Å². The molecule has 1 saturated heterocycles. The van der Waals surface area contributed by atoms with Crippen LogP contribution >= 0.6 is 11.3 Å². The number of thiophene rings is 1. The summed E-state index contributed by atoms with van der Waals surface area (Å²) >= 11 is 1.37. The molecule has 1 aromatic heterocycles. The van der Waals surface area contributed by atoms with E-state index in [1.54, 1.807) is 11.4 Å². The molecule has 0 bridgehead atoms. The standard InChI is InChI=1S/C12H16N2O5S2/c15-12(16)2-1-10-3-8-20-11(10)9-13-21(17,18)14-4-6-19-7-5-14/h1-3,8,13H,4-7,9H2,(H,15,16)/b2-1+. The van der Waals surface area contributed by atoms with E-state index in [9.17, 15) is 13.2 Å². The molecule has 21 heavy (non-hydrogen) atoms. The quantitative estimate of drug-likeness (QED) is 0.740. The third-order valence-electron chi connectivity index (χ3n) is 2.91. The highest BCUT2D eigenvalue weighted by Crippen LogP contribution is 2.18. The van der Waals surface area contributed by atoms with Crippen molar-refractivity contribution in [1.29, 1.82) is 0 Å². The van der Waals surface area contributed by atoms with Gasteiger partial charge in [-0.2, -0.15) is 17.4 Å². The van der Waals surface area contributed by atoms with Crippen molar-refractivity contribution >= 4 is 33.6 Å². The van der Waals surface area contributed by atoms with Crippen molar-refractivity contribution in [2.24, 2.45) is 0 Å². The van der Waals surface area contributed by atoms with E-state index in [0.717, 1.165) is 11.0 Å². The number of nitrogens with zero attached hydrogens (tertiary/aromatic N) is 1. The second-order valence-corrected chi connectivity index (χ2v) is 7.06. The van der Waals surface area contributed by atoms with E-state index in [0.29, 0.717) is 31.9 Å². The molecule has 1 aromatic rings. The van der Waals surface area contributed by atoms with Gasteiger partial charge in [0.1, 0.15) is 0 Å². The highest BCUT2D eigenvalue weighted by Gasteiger charge is 2.23. The summed E-state index contributed by atoms with van der Waals surface area (Å²) in [5.41, 5.74) is 0.701. The van der Waals surface area contributed by atoms with Gasteiger partial charge in [-0.25, -0.2) is 4.79 Å². The van der Waals surface area contributed by atoms with Crippen LogP contribution in [0.25, 0.3) is 6.08 Å². The first kappa shape index (κ1) is 16.1. The monoisotopic (exact) mass is 332 g/mol. The number of carbonyl (C=O) groups is 1. The number of hydrogen-bond acceptors (Lipinski definition) is 5. The lowest BCUT2D eigenvalue weighted by Crippen LogP contribution is -2.46. The van der Waals surface area contributed by atoms with Gasteiger partial charge >= 0.3 is 5.97 Å². The second-order valence-electron chi connectivity index (χ2n) is 4.31. The summed E-state index contributed by atoms with van der Waals surface area (Å²) in [7, 11) is -3.54. The predicted octanol–water partition coefficient (Wildman–Crippen LogP) is 0.513. The average molecular weight is 332 g/mol. The molecule has 0 radical (unpaired) electrons. The van der Waals surface area contributed by atoms with E-state index >= 15 is 0 Å². The number of nitrogens with one attached hydrogen (secondary N) is 1. The molecular formula is C12H16N2O5S2. The molecule has 0 unspecified atom stereocenters. The summed E-state index contributed by atoms with van der Waals surface area (Å²) in [5.74, 6) is -1.04. The van der Waals surface area contributed by atoms with Gasteiger partial charge in [-0.1, -0.05) is 0 Å². The smallest absolute Gasteiger partial charge is 0.328 e. The summed E-state index contributed by atoms with van der Waals surface area (Å²) in [5, 5.41) is 10.4. The molecule has 9 heteroatoms. The van der Waals surface area contributed by atoms with Crippen molar-refractivity contribution in [2.75, 3.05) is 26.3 Å². The second kappa shape index (κ2) is 7.14. The molecule has 0 aromatic carbocycles. The third-order valence-corrected chi connectivity index (χ3v) is 5.40. The van der Waals surface area contributed by atoms with Crippen LogP contribution in [0.1, 0.15) is 10.4 Å². The first-order chi connectivity index (χ1) is 9.99. The van der Waals surface area contributed by atoms with Crippen LogP contribution in [0.5, 0.6) is 0 Å². The number of ether oxygens (including phenoxy) is 1. The van der Waals surface area contributed by atoms with Crippen LogP contribution < -0.4 is 4.72 Å². The van der Waals surface area contributed by atoms with Gasteiger partial charge in [0.25, 0.3) is 10.2 Å². The molecule has 116 valence electrons. The molecule has 1 fully saturated rings. The van der Waals surface area contributed by atoms with E-state index in [4.69, 9.17) is 9.84 Å². The van der Waals surface area contributed by atoms with Crippen molar-refractivity contribution in [2.45, 2.75) is 6.54 Å². The Hall–Kier alpha value is -1.26. The lowest BCUT2D eigenvalue weighted by Gasteiger charge is -2.26. The summed E-state index contributed by atoms with van der Waals surface area (Å²) < 4.78 is 33.2. The maximum Gasteiger partial charge on any atom is 0.328 e. The van der Waals surface area contributed by atoms with Crippen molar-refractivity contribution in [3.8, 4) is 0 Å². The van der Waals surface area contributed by atoms with Gasteiger partial charge < -0.3 is 9.84 Å². The zero-order chi connectivity index (χ0) is 15.3. The maximum atomic E-state index is 12.1. The summed E-state index contributed by atoms with van der Waals surface area (Å²) in [6.45, 7) is 1.60. The van der Waals surface area contributed by atoms with Crippen LogP contribution in [0.4, 0.5) is 0 Å². The van der Waals surface area contributed by atoms with E-state index < -0.39 is 16.2 Å². The van der Waals surface area contributed by atoms with Gasteiger partial charge in [0.05, 0.1) is 13.2 Å². The molecule has 7 nitrogen and oxygen atoms in total. The molecule has 1 aliphatic heterocycles. The molecule has 0 amide bonds. The minimum Gasteiger partial charge on any atom is -0.478 e. The number of carboxylic acid groups (broad SMARTS) is 1. The topological polar surface area (TPSA) is 95.9 Å². The fourth-order valence-electron chi connectivity index (χ4n) is 1.84. The van der Waals surface area contributed by atoms with Crippen LogP contribution in [0.2, 0.25) is 0 Å². The van der Waals surface area contributed by atoms with Crippen molar-refractivity contribution in [3.63, 3.8) is 0 Å². The Morgan fingerprint density at radius 1 is 1.48 bits per heavy atom. The minimum atomic E-state index is -3.54. The van der Waals surface area contributed by atoms with Gasteiger partial charge in [0.2, 0.25) is 0 Å². The molecule has 0 spiro atoms. The normalized spacial score (nSPS) is 17.3. The number of aliphatic carboxylic acids is 1. The molecule has 0 aliphatic carbocycles. The highest BCUT2D eigenvalue weighted by molar-refractivity contribution is 7.87. The molecule has 2 N–H and O–H groups in total. The Balaban J connectivity index is 1.99. The zero-order valence-electron chi connectivity index (χ0n) is 11.2. The molecule has 2 heterocycles. The number of carboxylic acids is 1. The predicted molar refractivity (Wildman–Crippen MR) is 79.1 cm³/mol. The van der Waals surface area contributed by atoms with Gasteiger partial charge in [-0.05, 0) is 23.1 Å². The SMILES string of the molecule is O=C(O)/C=C/c1ccsc1CNS(=O)(=O)N1CCOCC1. The van der Waals surface area contributed by atoms with Gasteiger partial charge in [0.15, 0.2) is 0 Å². The Morgan fingerprint density at radius 3 is 2.86 bits per heavy atom. The Bertz CT molecular complexity index is 617. The molecular weight excluding hydrogens is 316 g/mol. The van der Waals surface area contributed by atoms with Crippen molar-refractivity contribution < 1.29 is 23.1 Å². The van der Waals surface area contributed by atoms with Crippen LogP contribution in [0, 0.1) is 0 Å². The Kier molecular flexibility index (Phi) is 5.48. The number of rotatable bonds is 6. The number of hydrogen-bond donors (Lipinski definition) is 2. The maximum absolute atomic E-state index is 12.1. The van der Waals surface area contributed by atoms with Crippen LogP contribution in [-0.4, -0.2) is 50.1 Å².